The Bertz CT molecular complexity index is 315. The topological polar surface area (TPSA) is 34.1 Å². The minimum Gasteiger partial charge on any atom is -0.375 e. The summed E-state index contributed by atoms with van der Waals surface area (Å²) in [6.45, 7) is 4.53. The average molecular weight is 250 g/mol. The Balaban J connectivity index is 2.13. The molecule has 0 radical (unpaired) electrons. The molecule has 0 aliphatic rings. The van der Waals surface area contributed by atoms with Gasteiger partial charge in [-0.2, -0.15) is 0 Å². The van der Waals surface area contributed by atoms with Crippen molar-refractivity contribution in [2.45, 2.75) is 52.2 Å². The summed E-state index contributed by atoms with van der Waals surface area (Å²) in [5, 5.41) is 3.10. The Morgan fingerprint density at radius 2 is 1.89 bits per heavy atom. The van der Waals surface area contributed by atoms with Gasteiger partial charge in [0, 0.05) is 13.2 Å². The van der Waals surface area contributed by atoms with Crippen molar-refractivity contribution < 1.29 is 4.74 Å². The van der Waals surface area contributed by atoms with Crippen LogP contribution in [0.4, 0.5) is 0 Å². The van der Waals surface area contributed by atoms with Gasteiger partial charge < -0.3 is 10.1 Å². The van der Waals surface area contributed by atoms with Gasteiger partial charge in [0.2, 0.25) is 0 Å². The molecule has 0 fully saturated rings. The molecule has 1 aromatic rings. The summed E-state index contributed by atoms with van der Waals surface area (Å²) in [7, 11) is 1.93. The fourth-order valence-corrected chi connectivity index (χ4v) is 1.87. The number of nitrogens with zero attached hydrogens (tertiary/aromatic N) is 1. The molecule has 0 amide bonds. The number of ether oxygens (including phenoxy) is 1. The maximum Gasteiger partial charge on any atom is 0.0887 e. The van der Waals surface area contributed by atoms with Gasteiger partial charge in [-0.3, -0.25) is 4.98 Å². The molecule has 18 heavy (non-hydrogen) atoms. The third-order valence-corrected chi connectivity index (χ3v) is 2.86. The van der Waals surface area contributed by atoms with E-state index >= 15 is 0 Å². The quantitative estimate of drug-likeness (QED) is 0.647. The van der Waals surface area contributed by atoms with Crippen molar-refractivity contribution in [3.8, 4) is 0 Å². The molecule has 0 aliphatic heterocycles. The monoisotopic (exact) mass is 250 g/mol. The fraction of sp³-hybridized carbons (Fsp3) is 0.667. The van der Waals surface area contributed by atoms with Gasteiger partial charge in [-0.15, -0.1) is 0 Å². The molecule has 0 aromatic carbocycles. The summed E-state index contributed by atoms with van der Waals surface area (Å²) in [6.07, 6.45) is 6.41. The lowest BCUT2D eigenvalue weighted by molar-refractivity contribution is 0.114. The molecular formula is C15H26N2O. The van der Waals surface area contributed by atoms with Gasteiger partial charge in [0.15, 0.2) is 0 Å². The molecule has 0 unspecified atom stereocenters. The smallest absolute Gasteiger partial charge is 0.0887 e. The van der Waals surface area contributed by atoms with Crippen LogP contribution in [0.2, 0.25) is 0 Å². The predicted molar refractivity (Wildman–Crippen MR) is 75.4 cm³/mol. The molecule has 0 spiro atoms. The second kappa shape index (κ2) is 10.0. The van der Waals surface area contributed by atoms with E-state index in [-0.39, 0.29) is 0 Å². The van der Waals surface area contributed by atoms with E-state index in [4.69, 9.17) is 4.74 Å². The number of nitrogens with one attached hydrogen (secondary N) is 1. The van der Waals surface area contributed by atoms with Gasteiger partial charge in [-0.1, -0.05) is 38.7 Å². The SMILES string of the molecule is CCCCCCCOCc1cccc(CNC)n1. The fourth-order valence-electron chi connectivity index (χ4n) is 1.87. The van der Waals surface area contributed by atoms with Gasteiger partial charge >= 0.3 is 0 Å². The highest BCUT2D eigenvalue weighted by atomic mass is 16.5. The van der Waals surface area contributed by atoms with E-state index in [9.17, 15) is 0 Å². The highest BCUT2D eigenvalue weighted by molar-refractivity contribution is 5.10. The zero-order valence-corrected chi connectivity index (χ0v) is 11.7. The summed E-state index contributed by atoms with van der Waals surface area (Å²) in [6, 6.07) is 6.10. The number of pyridine rings is 1. The first-order valence-electron chi connectivity index (χ1n) is 7.04. The van der Waals surface area contributed by atoms with E-state index in [1.807, 2.05) is 25.2 Å². The van der Waals surface area contributed by atoms with Gasteiger partial charge in [-0.25, -0.2) is 0 Å². The van der Waals surface area contributed by atoms with Crippen LogP contribution in [0.3, 0.4) is 0 Å². The molecule has 3 nitrogen and oxygen atoms in total. The van der Waals surface area contributed by atoms with E-state index in [0.29, 0.717) is 6.61 Å². The average Bonchev–Trinajstić information content (AvgIpc) is 2.39. The molecule has 1 N–H and O–H groups in total. The zero-order chi connectivity index (χ0) is 13.1. The van der Waals surface area contributed by atoms with Crippen LogP contribution in [0.5, 0.6) is 0 Å². The normalized spacial score (nSPS) is 10.8. The highest BCUT2D eigenvalue weighted by Crippen LogP contribution is 2.05. The van der Waals surface area contributed by atoms with E-state index in [1.54, 1.807) is 0 Å². The summed E-state index contributed by atoms with van der Waals surface area (Å²) in [5.41, 5.74) is 2.10. The van der Waals surface area contributed by atoms with Crippen molar-refractivity contribution in [3.63, 3.8) is 0 Å². The van der Waals surface area contributed by atoms with E-state index < -0.39 is 0 Å². The first kappa shape index (κ1) is 15.1. The van der Waals surface area contributed by atoms with Crippen LogP contribution in [0.1, 0.15) is 50.4 Å². The van der Waals surface area contributed by atoms with E-state index in [1.165, 1.54) is 25.7 Å². The van der Waals surface area contributed by atoms with Crippen LogP contribution >= 0.6 is 0 Å². The lowest BCUT2D eigenvalue weighted by atomic mass is 10.2. The summed E-state index contributed by atoms with van der Waals surface area (Å²) >= 11 is 0. The van der Waals surface area contributed by atoms with Crippen LogP contribution in [0.15, 0.2) is 18.2 Å². The van der Waals surface area contributed by atoms with Crippen LogP contribution < -0.4 is 5.32 Å². The number of hydrogen-bond donors (Lipinski definition) is 1. The third-order valence-electron chi connectivity index (χ3n) is 2.86. The maximum atomic E-state index is 5.65. The second-order valence-electron chi connectivity index (χ2n) is 4.62. The minimum atomic E-state index is 0.630. The molecule has 1 rings (SSSR count). The van der Waals surface area contributed by atoms with Crippen LogP contribution in [-0.4, -0.2) is 18.6 Å². The summed E-state index contributed by atoms with van der Waals surface area (Å²) in [5.74, 6) is 0. The summed E-state index contributed by atoms with van der Waals surface area (Å²) < 4.78 is 5.65. The standard InChI is InChI=1S/C15H26N2O/c1-3-4-5-6-7-11-18-13-15-10-8-9-14(17-15)12-16-2/h8-10,16H,3-7,11-13H2,1-2H3. The zero-order valence-electron chi connectivity index (χ0n) is 11.7. The van der Waals surface area contributed by atoms with Gasteiger partial charge in [0.1, 0.15) is 0 Å². The van der Waals surface area contributed by atoms with Gasteiger partial charge in [-0.05, 0) is 25.6 Å². The van der Waals surface area contributed by atoms with Crippen LogP contribution in [0.25, 0.3) is 0 Å². The Morgan fingerprint density at radius 1 is 1.11 bits per heavy atom. The first-order chi connectivity index (χ1) is 8.86. The van der Waals surface area contributed by atoms with Crippen LogP contribution in [-0.2, 0) is 17.9 Å². The molecular weight excluding hydrogens is 224 g/mol. The number of hydrogen-bond acceptors (Lipinski definition) is 3. The number of rotatable bonds is 10. The van der Waals surface area contributed by atoms with Gasteiger partial charge in [0.05, 0.1) is 18.0 Å². The number of aromatic nitrogens is 1. The summed E-state index contributed by atoms with van der Waals surface area (Å²) in [4.78, 5) is 4.52. The van der Waals surface area contributed by atoms with Gasteiger partial charge in [0.25, 0.3) is 0 Å². The van der Waals surface area contributed by atoms with Crippen molar-refractivity contribution in [2.24, 2.45) is 0 Å². The lowest BCUT2D eigenvalue weighted by Gasteiger charge is -2.06. The Kier molecular flexibility index (Phi) is 8.43. The largest absolute Gasteiger partial charge is 0.375 e. The molecule has 0 aliphatic carbocycles. The van der Waals surface area contributed by atoms with E-state index in [2.05, 4.69) is 17.2 Å². The Labute approximate surface area is 111 Å². The Hall–Kier alpha value is -0.930. The van der Waals surface area contributed by atoms with Crippen molar-refractivity contribution in [2.75, 3.05) is 13.7 Å². The van der Waals surface area contributed by atoms with Crippen molar-refractivity contribution in [3.05, 3.63) is 29.6 Å². The molecule has 0 atom stereocenters. The molecule has 3 heteroatoms. The third kappa shape index (κ3) is 6.72. The lowest BCUT2D eigenvalue weighted by Crippen LogP contribution is -2.08. The Morgan fingerprint density at radius 3 is 2.67 bits per heavy atom. The highest BCUT2D eigenvalue weighted by Gasteiger charge is 1.97. The second-order valence-corrected chi connectivity index (χ2v) is 4.62. The molecule has 0 saturated carbocycles. The molecule has 102 valence electrons. The number of unbranched alkanes of at least 4 members (excludes halogenated alkanes) is 4. The first-order valence-corrected chi connectivity index (χ1v) is 7.04. The minimum absolute atomic E-state index is 0.630. The molecule has 0 saturated heterocycles. The molecule has 1 aromatic heterocycles. The van der Waals surface area contributed by atoms with Crippen molar-refractivity contribution in [1.82, 2.24) is 10.3 Å². The predicted octanol–water partition coefficient (Wildman–Crippen LogP) is 3.29. The van der Waals surface area contributed by atoms with E-state index in [0.717, 1.165) is 31.0 Å². The van der Waals surface area contributed by atoms with Crippen molar-refractivity contribution in [1.29, 1.82) is 0 Å². The maximum absolute atomic E-state index is 5.65. The molecule has 0 bridgehead atoms. The molecule has 1 heterocycles. The van der Waals surface area contributed by atoms with Crippen LogP contribution in [0, 0.1) is 0 Å². The van der Waals surface area contributed by atoms with Crippen molar-refractivity contribution >= 4 is 0 Å².